The molecule has 0 saturated carbocycles. The van der Waals surface area contributed by atoms with Gasteiger partial charge in [0.05, 0.1) is 22.8 Å². The van der Waals surface area contributed by atoms with Gasteiger partial charge in [0.15, 0.2) is 17.3 Å². The monoisotopic (exact) mass is 313 g/mol. The van der Waals surface area contributed by atoms with E-state index in [0.29, 0.717) is 0 Å². The first-order valence-corrected chi connectivity index (χ1v) is 6.32. The lowest BCUT2D eigenvalue weighted by atomic mass is 10.0. The van der Waals surface area contributed by atoms with E-state index < -0.39 is 11.6 Å². The fourth-order valence-electron chi connectivity index (χ4n) is 1.72. The lowest BCUT2D eigenvalue weighted by molar-refractivity contribution is 0.103. The van der Waals surface area contributed by atoms with Gasteiger partial charge in [0, 0.05) is 11.1 Å². The summed E-state index contributed by atoms with van der Waals surface area (Å²) in [5.41, 5.74) is 6.25. The number of ether oxygens (including phenoxy) is 1. The molecule has 2 aromatic rings. The molecular weight excluding hydrogens is 304 g/mol. The van der Waals surface area contributed by atoms with Gasteiger partial charge in [-0.05, 0) is 30.3 Å². The highest BCUT2D eigenvalue weighted by atomic mass is 35.5. The molecule has 0 aliphatic rings. The molecule has 0 spiro atoms. The van der Waals surface area contributed by atoms with Gasteiger partial charge in [0.2, 0.25) is 0 Å². The summed E-state index contributed by atoms with van der Waals surface area (Å²) in [5.74, 6) is -0.960. The van der Waals surface area contributed by atoms with Gasteiger partial charge in [-0.25, -0.2) is 4.39 Å². The maximum atomic E-state index is 13.6. The predicted molar refractivity (Wildman–Crippen MR) is 77.3 cm³/mol. The second-order valence-corrected chi connectivity index (χ2v) is 4.82. The molecule has 2 aromatic carbocycles. The topological polar surface area (TPSA) is 52.3 Å². The number of halogens is 3. The molecule has 20 heavy (non-hydrogen) atoms. The molecule has 0 aliphatic carbocycles. The fraction of sp³-hybridized carbons (Fsp3) is 0.0714. The number of rotatable bonds is 3. The lowest BCUT2D eigenvalue weighted by Crippen LogP contribution is -2.04. The molecule has 2 N–H and O–H groups in total. The number of hydrogen-bond donors (Lipinski definition) is 1. The Morgan fingerprint density at radius 3 is 2.45 bits per heavy atom. The van der Waals surface area contributed by atoms with Crippen molar-refractivity contribution < 1.29 is 13.9 Å². The lowest BCUT2D eigenvalue weighted by Gasteiger charge is -2.07. The third-order valence-electron chi connectivity index (χ3n) is 2.73. The van der Waals surface area contributed by atoms with Crippen LogP contribution in [0.25, 0.3) is 0 Å². The van der Waals surface area contributed by atoms with E-state index in [9.17, 15) is 9.18 Å². The van der Waals surface area contributed by atoms with Crippen molar-refractivity contribution in [1.29, 1.82) is 0 Å². The molecule has 2 rings (SSSR count). The van der Waals surface area contributed by atoms with Crippen LogP contribution >= 0.6 is 23.2 Å². The second-order valence-electron chi connectivity index (χ2n) is 4.04. The smallest absolute Gasteiger partial charge is 0.193 e. The predicted octanol–water partition coefficient (Wildman–Crippen LogP) is 3.95. The molecular formula is C14H10Cl2FNO2. The quantitative estimate of drug-likeness (QED) is 0.689. The maximum Gasteiger partial charge on any atom is 0.193 e. The number of hydrogen-bond acceptors (Lipinski definition) is 3. The molecule has 0 aromatic heterocycles. The molecule has 0 bridgehead atoms. The average molecular weight is 314 g/mol. The molecule has 0 aliphatic heterocycles. The Balaban J connectivity index is 2.44. The summed E-state index contributed by atoms with van der Waals surface area (Å²) in [4.78, 5) is 12.2. The number of benzene rings is 2. The maximum absolute atomic E-state index is 13.6. The summed E-state index contributed by atoms with van der Waals surface area (Å²) in [6, 6.07) is 6.73. The van der Waals surface area contributed by atoms with E-state index in [4.69, 9.17) is 33.7 Å². The normalized spacial score (nSPS) is 10.4. The number of anilines is 1. The van der Waals surface area contributed by atoms with Crippen LogP contribution in [0.2, 0.25) is 10.0 Å². The van der Waals surface area contributed by atoms with Gasteiger partial charge < -0.3 is 10.5 Å². The van der Waals surface area contributed by atoms with Crippen LogP contribution in [0, 0.1) is 5.82 Å². The number of carbonyl (C=O) groups excluding carboxylic acids is 1. The van der Waals surface area contributed by atoms with Gasteiger partial charge in [0.25, 0.3) is 0 Å². The van der Waals surface area contributed by atoms with Gasteiger partial charge in [-0.3, -0.25) is 4.79 Å². The van der Waals surface area contributed by atoms with Gasteiger partial charge in [-0.2, -0.15) is 0 Å². The van der Waals surface area contributed by atoms with Crippen molar-refractivity contribution in [1.82, 2.24) is 0 Å². The minimum absolute atomic E-state index is 0.0650. The minimum atomic E-state index is -0.619. The van der Waals surface area contributed by atoms with E-state index in [1.165, 1.54) is 31.4 Å². The zero-order valence-corrected chi connectivity index (χ0v) is 11.9. The Morgan fingerprint density at radius 2 is 1.90 bits per heavy atom. The van der Waals surface area contributed by atoms with Crippen LogP contribution in [-0.4, -0.2) is 12.9 Å². The summed E-state index contributed by atoms with van der Waals surface area (Å²) < 4.78 is 18.4. The SMILES string of the molecule is COc1ccc(C(=O)c2cc(N)c(Cl)c(Cl)c2)cc1F. The van der Waals surface area contributed by atoms with Gasteiger partial charge >= 0.3 is 0 Å². The van der Waals surface area contributed by atoms with Crippen LogP contribution in [-0.2, 0) is 0 Å². The van der Waals surface area contributed by atoms with Crippen molar-refractivity contribution in [3.63, 3.8) is 0 Å². The van der Waals surface area contributed by atoms with Crippen LogP contribution in [0.15, 0.2) is 30.3 Å². The highest BCUT2D eigenvalue weighted by Crippen LogP contribution is 2.30. The van der Waals surface area contributed by atoms with Crippen molar-refractivity contribution >= 4 is 34.7 Å². The summed E-state index contributed by atoms with van der Waals surface area (Å²) in [5, 5.41) is 0.355. The molecule has 104 valence electrons. The minimum Gasteiger partial charge on any atom is -0.494 e. The number of ketones is 1. The first kappa shape index (κ1) is 14.6. The summed E-state index contributed by atoms with van der Waals surface area (Å²) in [7, 11) is 1.35. The van der Waals surface area contributed by atoms with Crippen molar-refractivity contribution in [2.24, 2.45) is 0 Å². The fourth-order valence-corrected chi connectivity index (χ4v) is 2.05. The van der Waals surface area contributed by atoms with E-state index in [1.54, 1.807) is 0 Å². The standard InChI is InChI=1S/C14H10Cl2FNO2/c1-20-12-3-2-7(5-10(12)17)14(19)8-4-9(15)13(16)11(18)6-8/h2-6H,18H2,1H3. The first-order valence-electron chi connectivity index (χ1n) is 5.56. The van der Waals surface area contributed by atoms with E-state index in [-0.39, 0.29) is 32.6 Å². The number of nitrogens with two attached hydrogens (primary N) is 1. The van der Waals surface area contributed by atoms with Gasteiger partial charge in [-0.1, -0.05) is 23.2 Å². The van der Waals surface area contributed by atoms with E-state index in [2.05, 4.69) is 0 Å². The van der Waals surface area contributed by atoms with Crippen LogP contribution in [0.4, 0.5) is 10.1 Å². The molecule has 0 atom stereocenters. The molecule has 3 nitrogen and oxygen atoms in total. The number of carbonyl (C=O) groups is 1. The van der Waals surface area contributed by atoms with Crippen LogP contribution in [0.3, 0.4) is 0 Å². The highest BCUT2D eigenvalue weighted by molar-refractivity contribution is 6.44. The zero-order chi connectivity index (χ0) is 14.9. The summed E-state index contributed by atoms with van der Waals surface area (Å²) >= 11 is 11.7. The Hall–Kier alpha value is -1.78. The number of nitrogen functional groups attached to an aromatic ring is 1. The van der Waals surface area contributed by atoms with E-state index in [0.717, 1.165) is 6.07 Å². The van der Waals surface area contributed by atoms with E-state index in [1.807, 2.05) is 0 Å². The Morgan fingerprint density at radius 1 is 1.20 bits per heavy atom. The summed E-state index contributed by atoms with van der Waals surface area (Å²) in [6.45, 7) is 0. The molecule has 6 heteroatoms. The molecule has 0 radical (unpaired) electrons. The van der Waals surface area contributed by atoms with Gasteiger partial charge in [-0.15, -0.1) is 0 Å². The average Bonchev–Trinajstić information content (AvgIpc) is 2.43. The van der Waals surface area contributed by atoms with Crippen LogP contribution in [0.1, 0.15) is 15.9 Å². The molecule has 0 amide bonds. The van der Waals surface area contributed by atoms with Crippen molar-refractivity contribution in [3.05, 3.63) is 57.3 Å². The van der Waals surface area contributed by atoms with E-state index >= 15 is 0 Å². The van der Waals surface area contributed by atoms with Crippen molar-refractivity contribution in [2.45, 2.75) is 0 Å². The zero-order valence-electron chi connectivity index (χ0n) is 10.4. The van der Waals surface area contributed by atoms with Crippen molar-refractivity contribution in [3.8, 4) is 5.75 Å². The van der Waals surface area contributed by atoms with Gasteiger partial charge in [0.1, 0.15) is 0 Å². The molecule has 0 unspecified atom stereocenters. The third kappa shape index (κ3) is 2.71. The molecule has 0 heterocycles. The Labute approximate surface area is 125 Å². The highest BCUT2D eigenvalue weighted by Gasteiger charge is 2.15. The molecule has 0 saturated heterocycles. The van der Waals surface area contributed by atoms with Crippen molar-refractivity contribution in [2.75, 3.05) is 12.8 Å². The summed E-state index contributed by atoms with van der Waals surface area (Å²) in [6.07, 6.45) is 0. The van der Waals surface area contributed by atoms with Crippen LogP contribution < -0.4 is 10.5 Å². The number of methoxy groups -OCH3 is 1. The molecule has 0 fully saturated rings. The van der Waals surface area contributed by atoms with Crippen LogP contribution in [0.5, 0.6) is 5.75 Å². The Bertz CT molecular complexity index is 666. The Kier molecular flexibility index (Phi) is 4.16. The second kappa shape index (κ2) is 5.69. The first-order chi connectivity index (χ1) is 9.43. The third-order valence-corrected chi connectivity index (χ3v) is 3.55. The largest absolute Gasteiger partial charge is 0.494 e.